The monoisotopic (exact) mass is 349 g/mol. The van der Waals surface area contributed by atoms with Gasteiger partial charge in [0.25, 0.3) is 0 Å². The second-order valence-electron chi connectivity index (χ2n) is 4.56. The van der Waals surface area contributed by atoms with Gasteiger partial charge in [-0.05, 0) is 39.8 Å². The summed E-state index contributed by atoms with van der Waals surface area (Å²) < 4.78 is 2.72. The van der Waals surface area contributed by atoms with Crippen molar-refractivity contribution in [3.05, 3.63) is 40.9 Å². The number of rotatable bonds is 3. The fourth-order valence-electron chi connectivity index (χ4n) is 1.71. The van der Waals surface area contributed by atoms with Gasteiger partial charge in [-0.25, -0.2) is 9.97 Å². The predicted molar refractivity (Wildman–Crippen MR) is 80.9 cm³/mol. The zero-order valence-corrected chi connectivity index (χ0v) is 13.4. The van der Waals surface area contributed by atoms with Crippen molar-refractivity contribution in [1.29, 1.82) is 0 Å². The number of hydrogen-bond donors (Lipinski definition) is 0. The van der Waals surface area contributed by atoms with Crippen LogP contribution in [0.2, 0.25) is 0 Å². The van der Waals surface area contributed by atoms with E-state index in [-0.39, 0.29) is 5.92 Å². The van der Waals surface area contributed by atoms with Crippen LogP contribution in [0.5, 0.6) is 0 Å². The van der Waals surface area contributed by atoms with Crippen LogP contribution in [0.1, 0.15) is 25.6 Å². The standard InChI is InChI=1S/C13H12BrN5S/c1-8(2)12-15-9(14)7-11(16-12)20-13-18-17-10-5-3-4-6-19(10)13/h3-8H,1-2H3. The van der Waals surface area contributed by atoms with E-state index in [1.165, 1.54) is 11.8 Å². The molecule has 20 heavy (non-hydrogen) atoms. The summed E-state index contributed by atoms with van der Waals surface area (Å²) in [5.74, 6) is 1.10. The minimum Gasteiger partial charge on any atom is -0.277 e. The van der Waals surface area contributed by atoms with Crippen LogP contribution in [0.3, 0.4) is 0 Å². The van der Waals surface area contributed by atoms with Gasteiger partial charge in [0.05, 0.1) is 0 Å². The van der Waals surface area contributed by atoms with Gasteiger partial charge in [0, 0.05) is 18.2 Å². The summed E-state index contributed by atoms with van der Waals surface area (Å²) in [6.45, 7) is 4.14. The molecule has 0 saturated carbocycles. The van der Waals surface area contributed by atoms with E-state index >= 15 is 0 Å². The maximum atomic E-state index is 4.56. The lowest BCUT2D eigenvalue weighted by atomic mass is 10.2. The molecule has 3 aromatic heterocycles. The van der Waals surface area contributed by atoms with Gasteiger partial charge in [0.2, 0.25) is 5.16 Å². The number of hydrogen-bond acceptors (Lipinski definition) is 5. The highest BCUT2D eigenvalue weighted by Crippen LogP contribution is 2.27. The third kappa shape index (κ3) is 2.69. The van der Waals surface area contributed by atoms with Crippen LogP contribution in [0.25, 0.3) is 5.65 Å². The molecule has 0 N–H and O–H groups in total. The molecule has 0 saturated heterocycles. The summed E-state index contributed by atoms with van der Waals surface area (Å²) >= 11 is 4.91. The Morgan fingerprint density at radius 2 is 2.05 bits per heavy atom. The maximum Gasteiger partial charge on any atom is 0.201 e. The van der Waals surface area contributed by atoms with Gasteiger partial charge in [0.15, 0.2) is 5.65 Å². The van der Waals surface area contributed by atoms with Crippen molar-refractivity contribution in [2.45, 2.75) is 29.9 Å². The van der Waals surface area contributed by atoms with Gasteiger partial charge < -0.3 is 0 Å². The lowest BCUT2D eigenvalue weighted by molar-refractivity contribution is 0.746. The van der Waals surface area contributed by atoms with E-state index in [9.17, 15) is 0 Å². The summed E-state index contributed by atoms with van der Waals surface area (Å²) in [6.07, 6.45) is 1.94. The van der Waals surface area contributed by atoms with E-state index in [2.05, 4.69) is 49.9 Å². The molecule has 0 aliphatic carbocycles. The molecule has 102 valence electrons. The zero-order chi connectivity index (χ0) is 14.1. The molecule has 0 aliphatic rings. The first-order chi connectivity index (χ1) is 9.63. The summed E-state index contributed by atoms with van der Waals surface area (Å²) in [4.78, 5) is 8.93. The summed E-state index contributed by atoms with van der Waals surface area (Å²) in [5, 5.41) is 9.97. The Hall–Kier alpha value is -1.47. The second kappa shape index (κ2) is 5.49. The van der Waals surface area contributed by atoms with Crippen molar-refractivity contribution in [2.24, 2.45) is 0 Å². The van der Waals surface area contributed by atoms with E-state index in [1.807, 2.05) is 34.9 Å². The first-order valence-electron chi connectivity index (χ1n) is 6.15. The largest absolute Gasteiger partial charge is 0.277 e. The SMILES string of the molecule is CC(C)c1nc(Br)cc(Sc2nnc3ccccn23)n1. The van der Waals surface area contributed by atoms with Crippen LogP contribution in [0.15, 0.2) is 45.2 Å². The van der Waals surface area contributed by atoms with Crippen molar-refractivity contribution in [1.82, 2.24) is 24.6 Å². The van der Waals surface area contributed by atoms with Gasteiger partial charge in [-0.3, -0.25) is 4.40 Å². The van der Waals surface area contributed by atoms with E-state index < -0.39 is 0 Å². The number of halogens is 1. The highest BCUT2D eigenvalue weighted by Gasteiger charge is 2.11. The normalized spacial score (nSPS) is 11.4. The van der Waals surface area contributed by atoms with Crippen molar-refractivity contribution in [3.8, 4) is 0 Å². The van der Waals surface area contributed by atoms with E-state index in [0.717, 1.165) is 26.3 Å². The van der Waals surface area contributed by atoms with Crippen LogP contribution in [0.4, 0.5) is 0 Å². The second-order valence-corrected chi connectivity index (χ2v) is 6.36. The van der Waals surface area contributed by atoms with Crippen LogP contribution in [-0.2, 0) is 0 Å². The zero-order valence-electron chi connectivity index (χ0n) is 11.0. The third-order valence-electron chi connectivity index (χ3n) is 2.68. The molecule has 5 nitrogen and oxygen atoms in total. The third-order valence-corrected chi connectivity index (χ3v) is 3.97. The number of aromatic nitrogens is 5. The minimum absolute atomic E-state index is 0.280. The average molecular weight is 350 g/mol. The Morgan fingerprint density at radius 1 is 1.20 bits per heavy atom. The van der Waals surface area contributed by atoms with Gasteiger partial charge in [-0.1, -0.05) is 19.9 Å². The van der Waals surface area contributed by atoms with E-state index in [4.69, 9.17) is 0 Å². The van der Waals surface area contributed by atoms with Crippen molar-refractivity contribution < 1.29 is 0 Å². The molecule has 0 bridgehead atoms. The van der Waals surface area contributed by atoms with E-state index in [0.29, 0.717) is 0 Å². The van der Waals surface area contributed by atoms with Gasteiger partial charge >= 0.3 is 0 Å². The first-order valence-corrected chi connectivity index (χ1v) is 7.76. The highest BCUT2D eigenvalue weighted by atomic mass is 79.9. The fourth-order valence-corrected chi connectivity index (χ4v) is 3.09. The molecule has 0 atom stereocenters. The molecule has 0 spiro atoms. The summed E-state index contributed by atoms with van der Waals surface area (Å²) in [5.41, 5.74) is 0.826. The quantitative estimate of drug-likeness (QED) is 0.676. The molecular weight excluding hydrogens is 338 g/mol. The fraction of sp³-hybridized carbons (Fsp3) is 0.231. The molecule has 7 heteroatoms. The maximum absolute atomic E-state index is 4.56. The molecular formula is C13H12BrN5S. The molecule has 0 radical (unpaired) electrons. The Bertz CT molecular complexity index is 755. The average Bonchev–Trinajstić information content (AvgIpc) is 2.82. The van der Waals surface area contributed by atoms with Gasteiger partial charge in [0.1, 0.15) is 15.5 Å². The summed E-state index contributed by atoms with van der Waals surface area (Å²) in [6, 6.07) is 7.71. The molecule has 3 aromatic rings. The summed E-state index contributed by atoms with van der Waals surface area (Å²) in [7, 11) is 0. The van der Waals surface area contributed by atoms with Crippen LogP contribution in [0, 0.1) is 0 Å². The van der Waals surface area contributed by atoms with Crippen LogP contribution >= 0.6 is 27.7 Å². The number of pyridine rings is 1. The van der Waals surface area contributed by atoms with Crippen molar-refractivity contribution in [2.75, 3.05) is 0 Å². The molecule has 0 unspecified atom stereocenters. The van der Waals surface area contributed by atoms with Crippen molar-refractivity contribution in [3.63, 3.8) is 0 Å². The Morgan fingerprint density at radius 3 is 2.85 bits per heavy atom. The Labute approximate surface area is 129 Å². The van der Waals surface area contributed by atoms with Crippen LogP contribution < -0.4 is 0 Å². The van der Waals surface area contributed by atoms with Gasteiger partial charge in [-0.15, -0.1) is 10.2 Å². The lowest BCUT2D eigenvalue weighted by Crippen LogP contribution is -1.99. The smallest absolute Gasteiger partial charge is 0.201 e. The van der Waals surface area contributed by atoms with Crippen LogP contribution in [-0.4, -0.2) is 24.6 Å². The molecule has 0 aromatic carbocycles. The minimum atomic E-state index is 0.280. The lowest BCUT2D eigenvalue weighted by Gasteiger charge is -2.06. The Balaban J connectivity index is 1.98. The van der Waals surface area contributed by atoms with Gasteiger partial charge in [-0.2, -0.15) is 0 Å². The molecule has 0 amide bonds. The van der Waals surface area contributed by atoms with Crippen molar-refractivity contribution >= 4 is 33.3 Å². The molecule has 0 fully saturated rings. The molecule has 0 aliphatic heterocycles. The number of nitrogens with zero attached hydrogens (tertiary/aromatic N) is 5. The number of fused-ring (bicyclic) bond motifs is 1. The molecule has 3 heterocycles. The first kappa shape index (κ1) is 13.5. The highest BCUT2D eigenvalue weighted by molar-refractivity contribution is 9.10. The Kier molecular flexibility index (Phi) is 3.71. The molecule has 3 rings (SSSR count). The van der Waals surface area contributed by atoms with E-state index in [1.54, 1.807) is 0 Å². The topological polar surface area (TPSA) is 56.0 Å². The predicted octanol–water partition coefficient (Wildman–Crippen LogP) is 3.56.